The molecule has 0 radical (unpaired) electrons. The summed E-state index contributed by atoms with van der Waals surface area (Å²) in [6.45, 7) is 3.52. The third kappa shape index (κ3) is 2.90. The van der Waals surface area contributed by atoms with Crippen molar-refractivity contribution in [2.45, 2.75) is 19.9 Å². The first-order valence-electron chi connectivity index (χ1n) is 9.26. The summed E-state index contributed by atoms with van der Waals surface area (Å²) in [5.74, 6) is 2.24. The van der Waals surface area contributed by atoms with Gasteiger partial charge in [-0.1, -0.05) is 12.1 Å². The Labute approximate surface area is 168 Å². The van der Waals surface area contributed by atoms with Crippen molar-refractivity contribution >= 4 is 28.5 Å². The molecule has 0 bridgehead atoms. The molecule has 0 saturated heterocycles. The minimum absolute atomic E-state index is 0.0165. The van der Waals surface area contributed by atoms with Crippen LogP contribution in [0.2, 0.25) is 0 Å². The predicted octanol–water partition coefficient (Wildman–Crippen LogP) is 4.05. The highest BCUT2D eigenvalue weighted by molar-refractivity contribution is 6.03. The predicted molar refractivity (Wildman–Crippen MR) is 112 cm³/mol. The van der Waals surface area contributed by atoms with Crippen LogP contribution in [0.1, 0.15) is 25.5 Å². The lowest BCUT2D eigenvalue weighted by atomic mass is 9.92. The van der Waals surface area contributed by atoms with E-state index >= 15 is 0 Å². The molecule has 0 spiro atoms. The van der Waals surface area contributed by atoms with Crippen molar-refractivity contribution in [2.24, 2.45) is 0 Å². The standard InChI is InChI=1S/C22H23N3O4/c1-12-19(13(2)26)20(14-10-17(27-3)21(29-5)18(11-14)28-4)24-22-23-15-8-6-7-9-16(15)25(12)22/h6-11,20H,1-5H3,(H,23,24). The number of carbonyl (C=O) groups is 1. The monoisotopic (exact) mass is 393 g/mol. The molecule has 1 aliphatic heterocycles. The van der Waals surface area contributed by atoms with E-state index in [1.165, 1.54) is 0 Å². The quantitative estimate of drug-likeness (QED) is 0.705. The van der Waals surface area contributed by atoms with Gasteiger partial charge in [-0.25, -0.2) is 4.98 Å². The summed E-state index contributed by atoms with van der Waals surface area (Å²) in [4.78, 5) is 17.4. The maximum atomic E-state index is 12.7. The van der Waals surface area contributed by atoms with E-state index in [9.17, 15) is 4.79 Å². The zero-order chi connectivity index (χ0) is 20.7. The number of para-hydroxylation sites is 2. The first-order chi connectivity index (χ1) is 14.0. The van der Waals surface area contributed by atoms with Gasteiger partial charge in [0.05, 0.1) is 38.4 Å². The number of hydrogen-bond acceptors (Lipinski definition) is 6. The molecule has 0 amide bonds. The maximum absolute atomic E-state index is 12.7. The van der Waals surface area contributed by atoms with Gasteiger partial charge in [-0.15, -0.1) is 0 Å². The fraction of sp³-hybridized carbons (Fsp3) is 0.273. The summed E-state index contributed by atoms with van der Waals surface area (Å²) in [6.07, 6.45) is 0. The molecule has 1 unspecified atom stereocenters. The first kappa shape index (κ1) is 18.9. The number of fused-ring (bicyclic) bond motifs is 3. The van der Waals surface area contributed by atoms with Gasteiger partial charge in [0.25, 0.3) is 0 Å². The number of imidazole rings is 1. The van der Waals surface area contributed by atoms with Gasteiger partial charge < -0.3 is 19.5 Å². The minimum Gasteiger partial charge on any atom is -0.493 e. The molecule has 1 aromatic heterocycles. The molecule has 2 aromatic carbocycles. The molecule has 29 heavy (non-hydrogen) atoms. The minimum atomic E-state index is -0.398. The zero-order valence-corrected chi connectivity index (χ0v) is 17.1. The van der Waals surface area contributed by atoms with Crippen LogP contribution < -0.4 is 19.5 Å². The second-order valence-corrected chi connectivity index (χ2v) is 6.85. The number of rotatable bonds is 5. The van der Waals surface area contributed by atoms with Gasteiger partial charge >= 0.3 is 0 Å². The molecule has 1 atom stereocenters. The number of carbonyl (C=O) groups excluding carboxylic acids is 1. The topological polar surface area (TPSA) is 74.6 Å². The van der Waals surface area contributed by atoms with Crippen LogP contribution >= 0.6 is 0 Å². The van der Waals surface area contributed by atoms with Crippen molar-refractivity contribution in [3.05, 3.63) is 47.5 Å². The molecular formula is C22H23N3O4. The lowest BCUT2D eigenvalue weighted by Gasteiger charge is -2.30. The van der Waals surface area contributed by atoms with Gasteiger partial charge in [0.15, 0.2) is 17.3 Å². The first-order valence-corrected chi connectivity index (χ1v) is 9.26. The van der Waals surface area contributed by atoms with E-state index in [1.807, 2.05) is 47.9 Å². The van der Waals surface area contributed by atoms with Crippen molar-refractivity contribution in [1.82, 2.24) is 9.55 Å². The van der Waals surface area contributed by atoms with Crippen molar-refractivity contribution < 1.29 is 19.0 Å². The maximum Gasteiger partial charge on any atom is 0.209 e. The second-order valence-electron chi connectivity index (χ2n) is 6.85. The van der Waals surface area contributed by atoms with Gasteiger partial charge in [0.1, 0.15) is 0 Å². The summed E-state index contributed by atoms with van der Waals surface area (Å²) < 4.78 is 18.4. The molecule has 150 valence electrons. The SMILES string of the molecule is COc1cc(C2Nc3nc4ccccc4n3C(C)=C2C(C)=O)cc(OC)c1OC. The zero-order valence-electron chi connectivity index (χ0n) is 17.1. The number of Topliss-reactive ketones (excluding diaryl/α,β-unsaturated/α-hetero) is 1. The Balaban J connectivity index is 1.94. The summed E-state index contributed by atoms with van der Waals surface area (Å²) in [5.41, 5.74) is 4.15. The summed E-state index contributed by atoms with van der Waals surface area (Å²) >= 11 is 0. The highest BCUT2D eigenvalue weighted by atomic mass is 16.5. The van der Waals surface area contributed by atoms with Crippen molar-refractivity contribution in [1.29, 1.82) is 0 Å². The fourth-order valence-corrected chi connectivity index (χ4v) is 3.97. The van der Waals surface area contributed by atoms with E-state index in [0.717, 1.165) is 22.3 Å². The second kappa shape index (κ2) is 7.16. The highest BCUT2D eigenvalue weighted by Crippen LogP contribution is 2.44. The molecule has 1 aliphatic rings. The number of aromatic nitrogens is 2. The molecule has 7 nitrogen and oxygen atoms in total. The number of allylic oxidation sites excluding steroid dienone is 1. The molecule has 0 saturated carbocycles. The number of ether oxygens (including phenoxy) is 3. The van der Waals surface area contributed by atoms with E-state index in [0.29, 0.717) is 28.8 Å². The third-order valence-corrected chi connectivity index (χ3v) is 5.25. The van der Waals surface area contributed by atoms with Gasteiger partial charge in [-0.2, -0.15) is 0 Å². The van der Waals surface area contributed by atoms with Crippen LogP contribution in [0.15, 0.2) is 42.0 Å². The molecule has 7 heteroatoms. The molecule has 4 rings (SSSR count). The smallest absolute Gasteiger partial charge is 0.209 e. The van der Waals surface area contributed by atoms with Crippen LogP contribution in [0.25, 0.3) is 16.7 Å². The van der Waals surface area contributed by atoms with E-state index < -0.39 is 6.04 Å². The normalized spacial score (nSPS) is 15.7. The Morgan fingerprint density at radius 1 is 1.07 bits per heavy atom. The number of ketones is 1. The molecule has 3 aromatic rings. The molecule has 2 heterocycles. The van der Waals surface area contributed by atoms with Crippen LogP contribution in [0.4, 0.5) is 5.95 Å². The van der Waals surface area contributed by atoms with Gasteiger partial charge in [0.2, 0.25) is 11.7 Å². The van der Waals surface area contributed by atoms with Crippen molar-refractivity contribution in [3.8, 4) is 17.2 Å². The van der Waals surface area contributed by atoms with E-state index in [4.69, 9.17) is 19.2 Å². The van der Waals surface area contributed by atoms with Gasteiger partial charge in [-0.05, 0) is 43.7 Å². The van der Waals surface area contributed by atoms with E-state index in [1.54, 1.807) is 28.3 Å². The molecule has 1 N–H and O–H groups in total. The van der Waals surface area contributed by atoms with Crippen LogP contribution in [0.3, 0.4) is 0 Å². The van der Waals surface area contributed by atoms with Crippen LogP contribution in [0, 0.1) is 0 Å². The third-order valence-electron chi connectivity index (χ3n) is 5.25. The average Bonchev–Trinajstić information content (AvgIpc) is 3.10. The molecule has 0 fully saturated rings. The van der Waals surface area contributed by atoms with Gasteiger partial charge in [0, 0.05) is 11.3 Å². The van der Waals surface area contributed by atoms with E-state index in [2.05, 4.69) is 5.32 Å². The fourth-order valence-electron chi connectivity index (χ4n) is 3.97. The van der Waals surface area contributed by atoms with Crippen LogP contribution in [-0.4, -0.2) is 36.7 Å². The van der Waals surface area contributed by atoms with Gasteiger partial charge in [-0.3, -0.25) is 9.36 Å². The number of hydrogen-bond donors (Lipinski definition) is 1. The Hall–Kier alpha value is -3.48. The summed E-state index contributed by atoms with van der Waals surface area (Å²) in [7, 11) is 4.70. The number of nitrogens with zero attached hydrogens (tertiary/aromatic N) is 2. The van der Waals surface area contributed by atoms with Crippen LogP contribution in [-0.2, 0) is 4.79 Å². The number of nitrogens with one attached hydrogen (secondary N) is 1. The largest absolute Gasteiger partial charge is 0.493 e. The van der Waals surface area contributed by atoms with Crippen molar-refractivity contribution in [3.63, 3.8) is 0 Å². The number of benzene rings is 2. The Bertz CT molecular complexity index is 1120. The van der Waals surface area contributed by atoms with Crippen molar-refractivity contribution in [2.75, 3.05) is 26.6 Å². The summed E-state index contributed by atoms with van der Waals surface area (Å²) in [5, 5.41) is 3.43. The van der Waals surface area contributed by atoms with E-state index in [-0.39, 0.29) is 5.78 Å². The molecule has 0 aliphatic carbocycles. The number of anilines is 1. The lowest BCUT2D eigenvalue weighted by Crippen LogP contribution is -2.26. The highest BCUT2D eigenvalue weighted by Gasteiger charge is 2.32. The Morgan fingerprint density at radius 3 is 2.31 bits per heavy atom. The summed E-state index contributed by atoms with van der Waals surface area (Å²) in [6, 6.07) is 11.2. The Morgan fingerprint density at radius 2 is 1.72 bits per heavy atom. The molecular weight excluding hydrogens is 370 g/mol. The van der Waals surface area contributed by atoms with Crippen LogP contribution in [0.5, 0.6) is 17.2 Å². The Kier molecular flexibility index (Phi) is 4.66. The number of methoxy groups -OCH3 is 3. The average molecular weight is 393 g/mol. The lowest BCUT2D eigenvalue weighted by molar-refractivity contribution is -0.113.